The molecule has 8 aromatic heterocycles. The van der Waals surface area contributed by atoms with Crippen LogP contribution in [0.5, 0.6) is 0 Å². The Kier molecular flexibility index (Phi) is 21.1. The Balaban J connectivity index is 0.000000137. The summed E-state index contributed by atoms with van der Waals surface area (Å²) in [5.41, 5.74) is 19.3. The number of imidazole rings is 4. The standard InChI is InChI=1S/C25H27N3.C23H23N3.C19H20F3N3.C18H19F2N3/c1-18-17-19(2)24(20(3)23(18)22-13-9-10-14-26(22)4)25-27(5)15-16-28(25)21-11-7-6-8-12-21;1-18-20(22-14-7-8-15-24(22)2)12-9-13-21(18)23-25(3)16-17-26(23)19-10-5-4-6-11-19;1-13-15(17-7-5-6-8-23(17)2)11-14(19(20,21)22)12-16(13)18-24(3)9-10-25(18)4;1-12-16(15-7-5-6-8-21(15)2)13(19)11-14(20)17(12)18-22(3)9-10-23(18)4/h6-17H,1-5H3;4-17H,1-3H3;5-12H,1-4H3;5-11H,1-4H3/q4*+2. The summed E-state index contributed by atoms with van der Waals surface area (Å²) in [5.74, 6) is 2.68. The summed E-state index contributed by atoms with van der Waals surface area (Å²) in [6.45, 7) is 12.5. The van der Waals surface area contributed by atoms with Crippen LogP contribution >= 0.6 is 0 Å². The largest absolute Gasteiger partial charge is 0.416 e. The van der Waals surface area contributed by atoms with E-state index in [2.05, 4.69) is 236 Å². The molecule has 0 amide bonds. The average Bonchev–Trinajstić information content (AvgIpc) is 1.53. The van der Waals surface area contributed by atoms with Crippen molar-refractivity contribution in [3.05, 3.63) is 301 Å². The molecule has 0 spiro atoms. The number of pyridine rings is 4. The second-order valence-corrected chi connectivity index (χ2v) is 26.1. The molecule has 0 unspecified atom stereocenters. The molecular weight excluding hydrogens is 1280 g/mol. The Morgan fingerprint density at radius 3 is 1.17 bits per heavy atom. The van der Waals surface area contributed by atoms with Gasteiger partial charge in [-0.15, -0.1) is 0 Å². The lowest BCUT2D eigenvalue weighted by Gasteiger charge is -2.15. The van der Waals surface area contributed by atoms with E-state index >= 15 is 0 Å². The van der Waals surface area contributed by atoms with Crippen LogP contribution < -0.4 is 36.5 Å². The quantitative estimate of drug-likeness (QED) is 0.0968. The first-order valence-electron chi connectivity index (χ1n) is 33.8. The second-order valence-electron chi connectivity index (χ2n) is 26.1. The van der Waals surface area contributed by atoms with Crippen LogP contribution in [0, 0.1) is 53.2 Å². The monoisotopic (exact) mass is 1370 g/mol. The van der Waals surface area contributed by atoms with Gasteiger partial charge in [0.25, 0.3) is 23.3 Å². The average molecular weight is 1370 g/mol. The number of aromatic nitrogens is 12. The number of hydrogen-bond acceptors (Lipinski definition) is 0. The van der Waals surface area contributed by atoms with Crippen molar-refractivity contribution in [3.63, 3.8) is 0 Å². The highest BCUT2D eigenvalue weighted by molar-refractivity contribution is 5.79. The maximum Gasteiger partial charge on any atom is 0.416 e. The van der Waals surface area contributed by atoms with Crippen LogP contribution in [0.25, 0.3) is 102 Å². The van der Waals surface area contributed by atoms with Gasteiger partial charge in [-0.25, -0.2) is 54.5 Å². The lowest BCUT2D eigenvalue weighted by Crippen LogP contribution is -2.31. The molecule has 17 heteroatoms. The zero-order chi connectivity index (χ0) is 73.0. The molecule has 0 fully saturated rings. The molecule has 0 N–H and O–H groups in total. The molecule has 0 saturated carbocycles. The van der Waals surface area contributed by atoms with Crippen molar-refractivity contribution >= 4 is 0 Å². The van der Waals surface area contributed by atoms with Gasteiger partial charge < -0.3 is 0 Å². The minimum atomic E-state index is -4.41. The lowest BCUT2D eigenvalue weighted by molar-refractivity contribution is -0.660. The molecule has 0 aliphatic rings. The third-order valence-corrected chi connectivity index (χ3v) is 19.2. The Bertz CT molecular complexity index is 5350. The van der Waals surface area contributed by atoms with Crippen molar-refractivity contribution in [1.29, 1.82) is 0 Å². The van der Waals surface area contributed by atoms with E-state index in [4.69, 9.17) is 0 Å². The van der Waals surface area contributed by atoms with E-state index in [9.17, 15) is 22.0 Å². The van der Waals surface area contributed by atoms with Crippen molar-refractivity contribution in [3.8, 4) is 102 Å². The van der Waals surface area contributed by atoms with Gasteiger partial charge in [-0.2, -0.15) is 22.3 Å². The fourth-order valence-corrected chi connectivity index (χ4v) is 14.0. The van der Waals surface area contributed by atoms with Gasteiger partial charge in [-0.3, -0.25) is 0 Å². The van der Waals surface area contributed by atoms with Gasteiger partial charge >= 0.3 is 6.18 Å². The molecule has 0 radical (unpaired) electrons. The predicted molar refractivity (Wildman–Crippen MR) is 389 cm³/mol. The van der Waals surface area contributed by atoms with E-state index in [-0.39, 0.29) is 0 Å². The van der Waals surface area contributed by atoms with E-state index in [0.717, 1.165) is 28.8 Å². The SMILES string of the molecule is Cc1c(-c2cccc[n+]2C)c(F)cc(F)c1-c1n(C)cc[n+]1C.Cc1c(-c2cccc[n+]2C)cc(C(F)(F)F)cc1-c1n(C)cc[n+]1C.Cc1c(-c2cccc[n+]2C)cccc1-c1n(-c2ccccc2)cc[n+]1C.Cc1cc(C)c(-c2n(-c3ccccc3)cc[n+]2C)c(C)c1-c1cccc[n+]1C. The van der Waals surface area contributed by atoms with Gasteiger partial charge in [0.1, 0.15) is 106 Å². The number of rotatable bonds is 10. The first kappa shape index (κ1) is 71.7. The van der Waals surface area contributed by atoms with Crippen LogP contribution in [0.3, 0.4) is 0 Å². The summed E-state index contributed by atoms with van der Waals surface area (Å²) in [5, 5.41) is 0. The molecule has 0 saturated heterocycles. The molecule has 8 heterocycles. The van der Waals surface area contributed by atoms with Crippen LogP contribution in [-0.2, 0) is 76.7 Å². The Labute approximate surface area is 594 Å². The summed E-state index contributed by atoms with van der Waals surface area (Å²) in [6.07, 6.45) is 19.3. The molecule has 6 aromatic carbocycles. The Morgan fingerprint density at radius 1 is 0.294 bits per heavy atom. The lowest BCUT2D eigenvalue weighted by atomic mass is 9.90. The summed E-state index contributed by atoms with van der Waals surface area (Å²) >= 11 is 0. The maximum atomic E-state index is 14.6. The summed E-state index contributed by atoms with van der Waals surface area (Å²) < 4.78 is 93.9. The topological polar surface area (TPSA) is 50.8 Å². The van der Waals surface area contributed by atoms with Crippen LogP contribution in [0.15, 0.2) is 250 Å². The summed E-state index contributed by atoms with van der Waals surface area (Å²) in [4.78, 5) is 0. The van der Waals surface area contributed by atoms with Gasteiger partial charge in [0.05, 0.1) is 81.2 Å². The van der Waals surface area contributed by atoms with Crippen molar-refractivity contribution in [1.82, 2.24) is 18.3 Å². The van der Waals surface area contributed by atoms with Crippen LogP contribution in [-0.4, -0.2) is 18.3 Å². The smallest absolute Gasteiger partial charge is 0.233 e. The van der Waals surface area contributed by atoms with Gasteiger partial charge in [0, 0.05) is 60.2 Å². The molecular formula is C85H89F5N12+8. The highest BCUT2D eigenvalue weighted by Crippen LogP contribution is 2.40. The first-order chi connectivity index (χ1) is 48.8. The molecule has 516 valence electrons. The second kappa shape index (κ2) is 30.1. The Hall–Kier alpha value is -11.6. The predicted octanol–water partition coefficient (Wildman–Crippen LogP) is 14.1. The number of benzene rings is 6. The van der Waals surface area contributed by atoms with Crippen molar-refractivity contribution in [2.75, 3.05) is 0 Å². The number of para-hydroxylation sites is 2. The zero-order valence-electron chi connectivity index (χ0n) is 60.9. The molecule has 0 aliphatic heterocycles. The fourth-order valence-electron chi connectivity index (χ4n) is 14.0. The van der Waals surface area contributed by atoms with E-state index in [1.807, 2.05) is 156 Å². The number of halogens is 5. The normalized spacial score (nSPS) is 11.2. The van der Waals surface area contributed by atoms with Gasteiger partial charge in [-0.1, -0.05) is 48.5 Å². The minimum Gasteiger partial charge on any atom is -0.233 e. The summed E-state index contributed by atoms with van der Waals surface area (Å²) in [6, 6.07) is 57.1. The number of aryl methyl sites for hydroxylation is 12. The van der Waals surface area contributed by atoms with E-state index in [0.29, 0.717) is 39.3 Å². The van der Waals surface area contributed by atoms with E-state index < -0.39 is 23.4 Å². The maximum absolute atomic E-state index is 14.6. The van der Waals surface area contributed by atoms with E-state index in [1.165, 1.54) is 85.4 Å². The van der Waals surface area contributed by atoms with Gasteiger partial charge in [-0.05, 0) is 148 Å². The van der Waals surface area contributed by atoms with E-state index in [1.54, 1.807) is 6.92 Å². The van der Waals surface area contributed by atoms with Crippen LogP contribution in [0.1, 0.15) is 38.9 Å². The molecule has 0 atom stereocenters. The zero-order valence-corrected chi connectivity index (χ0v) is 60.9. The fraction of sp³-hybridized carbons (Fsp3) is 0.200. The van der Waals surface area contributed by atoms with Crippen molar-refractivity contribution in [2.24, 2.45) is 70.5 Å². The number of alkyl halides is 3. The number of hydrogen-bond donors (Lipinski definition) is 0. The van der Waals surface area contributed by atoms with Crippen molar-refractivity contribution in [2.45, 2.75) is 47.7 Å². The highest BCUT2D eigenvalue weighted by atomic mass is 19.4. The van der Waals surface area contributed by atoms with Crippen molar-refractivity contribution < 1.29 is 58.5 Å². The Morgan fingerprint density at radius 2 is 0.676 bits per heavy atom. The third kappa shape index (κ3) is 14.4. The molecule has 102 heavy (non-hydrogen) atoms. The molecule has 12 nitrogen and oxygen atoms in total. The molecule has 0 bridgehead atoms. The molecule has 14 aromatic rings. The van der Waals surface area contributed by atoms with Crippen LogP contribution in [0.4, 0.5) is 22.0 Å². The third-order valence-electron chi connectivity index (χ3n) is 19.2. The van der Waals surface area contributed by atoms with Gasteiger partial charge in [0.2, 0.25) is 22.8 Å². The van der Waals surface area contributed by atoms with Crippen LogP contribution in [0.2, 0.25) is 0 Å². The number of nitrogens with zero attached hydrogens (tertiary/aromatic N) is 12. The van der Waals surface area contributed by atoms with Gasteiger partial charge in [0.15, 0.2) is 24.8 Å². The molecule has 0 aliphatic carbocycles. The first-order valence-corrected chi connectivity index (χ1v) is 33.8. The minimum absolute atomic E-state index is 0.417. The molecule has 14 rings (SSSR count). The summed E-state index contributed by atoms with van der Waals surface area (Å²) in [7, 11) is 19.5. The highest BCUT2D eigenvalue weighted by Gasteiger charge is 2.36.